The van der Waals surface area contributed by atoms with Gasteiger partial charge in [0.05, 0.1) is 17.1 Å². The molecule has 0 spiro atoms. The van der Waals surface area contributed by atoms with E-state index in [2.05, 4.69) is 32.4 Å². The molecule has 2 aromatic heterocycles. The lowest BCUT2D eigenvalue weighted by Gasteiger charge is -2.12. The molecule has 0 aliphatic rings. The van der Waals surface area contributed by atoms with Gasteiger partial charge in [-0.05, 0) is 18.2 Å². The first kappa shape index (κ1) is 19.0. The molecule has 4 aromatic rings. The van der Waals surface area contributed by atoms with Gasteiger partial charge in [-0.15, -0.1) is 0 Å². The van der Waals surface area contributed by atoms with Crippen molar-refractivity contribution in [3.05, 3.63) is 109 Å². The van der Waals surface area contributed by atoms with Gasteiger partial charge in [0.2, 0.25) is 5.82 Å². The van der Waals surface area contributed by atoms with Crippen LogP contribution in [0.2, 0.25) is 0 Å². The predicted octanol–water partition coefficient (Wildman–Crippen LogP) is 4.11. The summed E-state index contributed by atoms with van der Waals surface area (Å²) in [7, 11) is 0. The summed E-state index contributed by atoms with van der Waals surface area (Å²) in [5.41, 5.74) is 9.83. The minimum atomic E-state index is -0.463. The lowest BCUT2D eigenvalue weighted by molar-refractivity contribution is 0.0932. The van der Waals surface area contributed by atoms with Gasteiger partial charge in [0.25, 0.3) is 0 Å². The number of rotatable bonds is 6. The second-order valence-corrected chi connectivity index (χ2v) is 6.49. The number of pyridine rings is 1. The van der Waals surface area contributed by atoms with E-state index in [4.69, 9.17) is 0 Å². The molecule has 0 unspecified atom stereocenters. The Morgan fingerprint density at radius 3 is 1.90 bits per heavy atom. The van der Waals surface area contributed by atoms with Gasteiger partial charge >= 0.3 is 5.91 Å². The highest BCUT2D eigenvalue weighted by atomic mass is 16.2. The van der Waals surface area contributed by atoms with E-state index >= 15 is 0 Å². The molecule has 0 saturated heterocycles. The standard InChI is InChI=1S/C24H19N5O/c1-17(20-13-8-14-25-16-20)28-29-24(30)23-26-21(18-9-4-2-5-10-18)15-22(27-23)19-11-6-3-7-12-19/h2-16,28H,1H2,(H,29,30). The van der Waals surface area contributed by atoms with Gasteiger partial charge in [-0.25, -0.2) is 9.97 Å². The maximum absolute atomic E-state index is 12.8. The van der Waals surface area contributed by atoms with E-state index in [0.717, 1.165) is 16.7 Å². The zero-order valence-electron chi connectivity index (χ0n) is 16.1. The minimum absolute atomic E-state index is 0.0571. The molecule has 4 rings (SSSR count). The molecule has 0 aliphatic heterocycles. The van der Waals surface area contributed by atoms with E-state index < -0.39 is 5.91 Å². The van der Waals surface area contributed by atoms with Crippen LogP contribution in [0.4, 0.5) is 0 Å². The fraction of sp³-hybridized carbons (Fsp3) is 0. The number of hydrazine groups is 1. The summed E-state index contributed by atoms with van der Waals surface area (Å²) in [4.78, 5) is 25.8. The Hall–Kier alpha value is -4.32. The minimum Gasteiger partial charge on any atom is -0.298 e. The molecule has 0 saturated carbocycles. The third-order valence-electron chi connectivity index (χ3n) is 4.41. The number of hydrogen-bond acceptors (Lipinski definition) is 5. The van der Waals surface area contributed by atoms with Crippen LogP contribution in [0.5, 0.6) is 0 Å². The number of carbonyl (C=O) groups is 1. The highest BCUT2D eigenvalue weighted by Crippen LogP contribution is 2.23. The SMILES string of the molecule is C=C(NNC(=O)c1nc(-c2ccccc2)cc(-c2ccccc2)n1)c1cccnc1. The average molecular weight is 393 g/mol. The van der Waals surface area contributed by atoms with Crippen molar-refractivity contribution in [2.45, 2.75) is 0 Å². The fourth-order valence-corrected chi connectivity index (χ4v) is 2.86. The molecule has 2 N–H and O–H groups in total. The van der Waals surface area contributed by atoms with Crippen molar-refractivity contribution in [3.8, 4) is 22.5 Å². The second kappa shape index (κ2) is 8.79. The number of benzene rings is 2. The topological polar surface area (TPSA) is 79.8 Å². The van der Waals surface area contributed by atoms with Crippen LogP contribution in [0.25, 0.3) is 28.2 Å². The van der Waals surface area contributed by atoms with E-state index in [1.807, 2.05) is 72.8 Å². The Bertz CT molecular complexity index is 1100. The molecule has 6 heteroatoms. The number of nitrogens with one attached hydrogen (secondary N) is 2. The van der Waals surface area contributed by atoms with Crippen molar-refractivity contribution >= 4 is 11.6 Å². The summed E-state index contributed by atoms with van der Waals surface area (Å²) in [6, 6.07) is 24.9. The lowest BCUT2D eigenvalue weighted by Crippen LogP contribution is -2.37. The predicted molar refractivity (Wildman–Crippen MR) is 117 cm³/mol. The van der Waals surface area contributed by atoms with E-state index in [1.54, 1.807) is 18.5 Å². The Morgan fingerprint density at radius 1 is 0.767 bits per heavy atom. The van der Waals surface area contributed by atoms with Gasteiger partial charge < -0.3 is 0 Å². The third-order valence-corrected chi connectivity index (χ3v) is 4.41. The van der Waals surface area contributed by atoms with Gasteiger partial charge in [-0.1, -0.05) is 67.2 Å². The molecule has 6 nitrogen and oxygen atoms in total. The van der Waals surface area contributed by atoms with Gasteiger partial charge in [0, 0.05) is 29.1 Å². The first-order valence-corrected chi connectivity index (χ1v) is 9.36. The van der Waals surface area contributed by atoms with Gasteiger partial charge in [0.15, 0.2) is 0 Å². The molecule has 0 fully saturated rings. The smallest absolute Gasteiger partial charge is 0.298 e. The van der Waals surface area contributed by atoms with Crippen LogP contribution < -0.4 is 10.9 Å². The number of hydrogen-bond donors (Lipinski definition) is 2. The van der Waals surface area contributed by atoms with Crippen molar-refractivity contribution in [1.29, 1.82) is 0 Å². The Balaban J connectivity index is 1.63. The van der Waals surface area contributed by atoms with Gasteiger partial charge in [-0.3, -0.25) is 20.6 Å². The summed E-state index contributed by atoms with van der Waals surface area (Å²) in [6.45, 7) is 3.91. The summed E-state index contributed by atoms with van der Waals surface area (Å²) in [5, 5.41) is 0. The molecule has 2 heterocycles. The van der Waals surface area contributed by atoms with E-state index in [0.29, 0.717) is 17.1 Å². The lowest BCUT2D eigenvalue weighted by atomic mass is 10.1. The molecule has 0 radical (unpaired) electrons. The normalized spacial score (nSPS) is 10.3. The van der Waals surface area contributed by atoms with Crippen molar-refractivity contribution in [3.63, 3.8) is 0 Å². The maximum atomic E-state index is 12.8. The highest BCUT2D eigenvalue weighted by molar-refractivity contribution is 5.92. The molecule has 2 aromatic carbocycles. The molecule has 0 atom stereocenters. The molecular weight excluding hydrogens is 374 g/mol. The maximum Gasteiger partial charge on any atom is 0.307 e. The van der Waals surface area contributed by atoms with Crippen LogP contribution >= 0.6 is 0 Å². The van der Waals surface area contributed by atoms with Crippen LogP contribution in [-0.2, 0) is 0 Å². The van der Waals surface area contributed by atoms with Crippen molar-refractivity contribution in [1.82, 2.24) is 25.8 Å². The van der Waals surface area contributed by atoms with Crippen LogP contribution in [0.3, 0.4) is 0 Å². The van der Waals surface area contributed by atoms with Crippen LogP contribution in [0.1, 0.15) is 16.2 Å². The molecule has 146 valence electrons. The van der Waals surface area contributed by atoms with Crippen LogP contribution in [-0.4, -0.2) is 20.9 Å². The Morgan fingerprint density at radius 2 is 1.37 bits per heavy atom. The number of nitrogens with zero attached hydrogens (tertiary/aromatic N) is 3. The summed E-state index contributed by atoms with van der Waals surface area (Å²) < 4.78 is 0. The van der Waals surface area contributed by atoms with E-state index in [1.165, 1.54) is 0 Å². The number of carbonyl (C=O) groups excluding carboxylic acids is 1. The summed E-state index contributed by atoms with van der Waals surface area (Å²) >= 11 is 0. The van der Waals surface area contributed by atoms with Gasteiger partial charge in [-0.2, -0.15) is 0 Å². The molecule has 0 aliphatic carbocycles. The van der Waals surface area contributed by atoms with E-state index in [9.17, 15) is 4.79 Å². The number of amides is 1. The monoisotopic (exact) mass is 393 g/mol. The van der Waals surface area contributed by atoms with Crippen molar-refractivity contribution in [2.24, 2.45) is 0 Å². The van der Waals surface area contributed by atoms with Crippen molar-refractivity contribution < 1.29 is 4.79 Å². The summed E-state index contributed by atoms with van der Waals surface area (Å²) in [5.74, 6) is -0.406. The first-order chi connectivity index (χ1) is 14.7. The Labute approximate surface area is 174 Å². The number of aromatic nitrogens is 3. The second-order valence-electron chi connectivity index (χ2n) is 6.49. The zero-order valence-corrected chi connectivity index (χ0v) is 16.1. The fourth-order valence-electron chi connectivity index (χ4n) is 2.86. The summed E-state index contributed by atoms with van der Waals surface area (Å²) in [6.07, 6.45) is 3.32. The van der Waals surface area contributed by atoms with Crippen LogP contribution in [0.15, 0.2) is 97.8 Å². The molecular formula is C24H19N5O. The quantitative estimate of drug-likeness (QED) is 0.482. The molecule has 0 bridgehead atoms. The van der Waals surface area contributed by atoms with Gasteiger partial charge in [0.1, 0.15) is 0 Å². The first-order valence-electron chi connectivity index (χ1n) is 9.36. The van der Waals surface area contributed by atoms with Crippen molar-refractivity contribution in [2.75, 3.05) is 0 Å². The average Bonchev–Trinajstić information content (AvgIpc) is 2.83. The zero-order chi connectivity index (χ0) is 20.8. The van der Waals surface area contributed by atoms with Crippen LogP contribution in [0, 0.1) is 0 Å². The third kappa shape index (κ3) is 4.39. The Kier molecular flexibility index (Phi) is 5.57. The highest BCUT2D eigenvalue weighted by Gasteiger charge is 2.15. The molecule has 30 heavy (non-hydrogen) atoms. The largest absolute Gasteiger partial charge is 0.307 e. The van der Waals surface area contributed by atoms with E-state index in [-0.39, 0.29) is 5.82 Å². The molecule has 1 amide bonds.